The Morgan fingerprint density at radius 2 is 1.85 bits per heavy atom. The van der Waals surface area contributed by atoms with Crippen molar-refractivity contribution < 1.29 is 0 Å². The molecule has 1 aromatic carbocycles. The number of nitrogens with zero attached hydrogens (tertiary/aromatic N) is 4. The van der Waals surface area contributed by atoms with Crippen molar-refractivity contribution in [2.45, 2.75) is 52.5 Å². The highest BCUT2D eigenvalue weighted by Crippen LogP contribution is 2.26. The van der Waals surface area contributed by atoms with Gasteiger partial charge in [-0.25, -0.2) is 4.98 Å². The standard InChI is InChI=1S/C21H31N5/c1-4-18-9-7-8-16-26(18)20-14-15-22-21(24-20)23-17-10-12-19(13-11-17)25(5-2)6-3/h10-15,18H,4-9,16H2,1-3H3,(H,22,23,24). The zero-order valence-electron chi connectivity index (χ0n) is 16.3. The summed E-state index contributed by atoms with van der Waals surface area (Å²) < 4.78 is 0. The summed E-state index contributed by atoms with van der Waals surface area (Å²) in [5.74, 6) is 1.70. The average molecular weight is 354 g/mol. The molecular weight excluding hydrogens is 322 g/mol. The molecule has 1 atom stereocenters. The van der Waals surface area contributed by atoms with Gasteiger partial charge in [0.25, 0.3) is 0 Å². The minimum Gasteiger partial charge on any atom is -0.372 e. The van der Waals surface area contributed by atoms with E-state index in [1.165, 1.54) is 31.4 Å². The number of benzene rings is 1. The Hall–Kier alpha value is -2.30. The quantitative estimate of drug-likeness (QED) is 0.772. The van der Waals surface area contributed by atoms with Gasteiger partial charge in [0.05, 0.1) is 0 Å². The lowest BCUT2D eigenvalue weighted by atomic mass is 10.0. The number of anilines is 4. The van der Waals surface area contributed by atoms with Crippen LogP contribution in [0.4, 0.5) is 23.1 Å². The smallest absolute Gasteiger partial charge is 0.229 e. The fourth-order valence-electron chi connectivity index (χ4n) is 3.77. The number of rotatable bonds is 7. The van der Waals surface area contributed by atoms with Gasteiger partial charge in [-0.2, -0.15) is 4.98 Å². The first-order valence-electron chi connectivity index (χ1n) is 9.96. The number of hydrogen-bond acceptors (Lipinski definition) is 5. The van der Waals surface area contributed by atoms with Gasteiger partial charge in [0.15, 0.2) is 0 Å². The Labute approximate surface area is 157 Å². The molecule has 5 heteroatoms. The van der Waals surface area contributed by atoms with E-state index >= 15 is 0 Å². The highest BCUT2D eigenvalue weighted by Gasteiger charge is 2.22. The molecule has 1 aliphatic rings. The molecule has 0 aliphatic carbocycles. The monoisotopic (exact) mass is 353 g/mol. The summed E-state index contributed by atoms with van der Waals surface area (Å²) in [5.41, 5.74) is 2.26. The summed E-state index contributed by atoms with van der Waals surface area (Å²) in [4.78, 5) is 14.0. The molecule has 0 spiro atoms. The second-order valence-electron chi connectivity index (χ2n) is 6.83. The first-order chi connectivity index (χ1) is 12.7. The second-order valence-corrected chi connectivity index (χ2v) is 6.83. The molecule has 26 heavy (non-hydrogen) atoms. The lowest BCUT2D eigenvalue weighted by Crippen LogP contribution is -2.39. The van der Waals surface area contributed by atoms with E-state index < -0.39 is 0 Å². The van der Waals surface area contributed by atoms with Gasteiger partial charge in [0.1, 0.15) is 5.82 Å². The van der Waals surface area contributed by atoms with E-state index in [0.717, 1.165) is 31.1 Å². The molecule has 5 nitrogen and oxygen atoms in total. The van der Waals surface area contributed by atoms with Crippen LogP contribution in [0.15, 0.2) is 36.5 Å². The molecule has 1 N–H and O–H groups in total. The van der Waals surface area contributed by atoms with Gasteiger partial charge in [-0.05, 0) is 69.9 Å². The SMILES string of the molecule is CCC1CCCCN1c1ccnc(Nc2ccc(N(CC)CC)cc2)n1. The van der Waals surface area contributed by atoms with Gasteiger partial charge in [0.2, 0.25) is 5.95 Å². The Balaban J connectivity index is 1.72. The van der Waals surface area contributed by atoms with Crippen molar-refractivity contribution in [1.29, 1.82) is 0 Å². The van der Waals surface area contributed by atoms with Crippen LogP contribution >= 0.6 is 0 Å². The van der Waals surface area contributed by atoms with Crippen molar-refractivity contribution in [1.82, 2.24) is 9.97 Å². The fraction of sp³-hybridized carbons (Fsp3) is 0.524. The van der Waals surface area contributed by atoms with Crippen LogP contribution in [0.5, 0.6) is 0 Å². The minimum atomic E-state index is 0.597. The average Bonchev–Trinajstić information content (AvgIpc) is 2.70. The summed E-state index contributed by atoms with van der Waals surface area (Å²) in [6.07, 6.45) is 6.85. The molecule has 0 saturated carbocycles. The van der Waals surface area contributed by atoms with Crippen molar-refractivity contribution in [3.8, 4) is 0 Å². The molecule has 1 aromatic heterocycles. The van der Waals surface area contributed by atoms with Crippen molar-refractivity contribution >= 4 is 23.1 Å². The third-order valence-corrected chi connectivity index (χ3v) is 5.29. The van der Waals surface area contributed by atoms with Crippen LogP contribution in [0.1, 0.15) is 46.5 Å². The van der Waals surface area contributed by atoms with Crippen LogP contribution < -0.4 is 15.1 Å². The molecule has 3 rings (SSSR count). The largest absolute Gasteiger partial charge is 0.372 e. The van der Waals surface area contributed by atoms with E-state index in [1.807, 2.05) is 12.3 Å². The molecule has 140 valence electrons. The normalized spacial score (nSPS) is 17.2. The molecule has 0 bridgehead atoms. The maximum Gasteiger partial charge on any atom is 0.229 e. The Bertz CT molecular complexity index is 681. The van der Waals surface area contributed by atoms with Crippen LogP contribution in [0.2, 0.25) is 0 Å². The lowest BCUT2D eigenvalue weighted by Gasteiger charge is -2.36. The van der Waals surface area contributed by atoms with Crippen molar-refractivity contribution in [3.05, 3.63) is 36.5 Å². The van der Waals surface area contributed by atoms with E-state index in [4.69, 9.17) is 4.98 Å². The Morgan fingerprint density at radius 3 is 2.54 bits per heavy atom. The molecule has 0 radical (unpaired) electrons. The van der Waals surface area contributed by atoms with Crippen molar-refractivity contribution in [2.24, 2.45) is 0 Å². The van der Waals surface area contributed by atoms with E-state index in [9.17, 15) is 0 Å². The number of nitrogens with one attached hydrogen (secondary N) is 1. The topological polar surface area (TPSA) is 44.3 Å². The first kappa shape index (κ1) is 18.5. The summed E-state index contributed by atoms with van der Waals surface area (Å²) in [5, 5.41) is 3.35. The maximum absolute atomic E-state index is 4.77. The predicted molar refractivity (Wildman–Crippen MR) is 111 cm³/mol. The third kappa shape index (κ3) is 4.26. The summed E-state index contributed by atoms with van der Waals surface area (Å²) in [6, 6.07) is 11.1. The highest BCUT2D eigenvalue weighted by molar-refractivity contribution is 5.60. The Kier molecular flexibility index (Phi) is 6.31. The highest BCUT2D eigenvalue weighted by atomic mass is 15.2. The lowest BCUT2D eigenvalue weighted by molar-refractivity contribution is 0.447. The number of aromatic nitrogens is 2. The summed E-state index contributed by atoms with van der Waals surface area (Å²) in [6.45, 7) is 9.75. The van der Waals surface area contributed by atoms with Crippen LogP contribution in [-0.2, 0) is 0 Å². The second kappa shape index (κ2) is 8.88. The van der Waals surface area contributed by atoms with E-state index in [0.29, 0.717) is 12.0 Å². The van der Waals surface area contributed by atoms with E-state index in [2.05, 4.69) is 65.1 Å². The number of hydrogen-bond donors (Lipinski definition) is 1. The molecule has 0 amide bonds. The molecule has 2 heterocycles. The maximum atomic E-state index is 4.77. The predicted octanol–water partition coefficient (Wildman–Crippen LogP) is 4.84. The van der Waals surface area contributed by atoms with Crippen LogP contribution in [0.3, 0.4) is 0 Å². The van der Waals surface area contributed by atoms with Gasteiger partial charge >= 0.3 is 0 Å². The minimum absolute atomic E-state index is 0.597. The van der Waals surface area contributed by atoms with Gasteiger partial charge < -0.3 is 15.1 Å². The van der Waals surface area contributed by atoms with Crippen molar-refractivity contribution in [3.63, 3.8) is 0 Å². The molecule has 1 unspecified atom stereocenters. The Morgan fingerprint density at radius 1 is 1.08 bits per heavy atom. The summed E-state index contributed by atoms with van der Waals surface area (Å²) in [7, 11) is 0. The van der Waals surface area contributed by atoms with Crippen LogP contribution in [0, 0.1) is 0 Å². The van der Waals surface area contributed by atoms with Gasteiger partial charge in [-0.3, -0.25) is 0 Å². The molecule has 1 fully saturated rings. The molecule has 1 saturated heterocycles. The zero-order chi connectivity index (χ0) is 18.4. The molecule has 1 aliphatic heterocycles. The van der Waals surface area contributed by atoms with E-state index in [1.54, 1.807) is 0 Å². The van der Waals surface area contributed by atoms with Gasteiger partial charge in [0, 0.05) is 43.2 Å². The van der Waals surface area contributed by atoms with Gasteiger partial charge in [-0.15, -0.1) is 0 Å². The van der Waals surface area contributed by atoms with Crippen molar-refractivity contribution in [2.75, 3.05) is 34.8 Å². The summed E-state index contributed by atoms with van der Waals surface area (Å²) >= 11 is 0. The fourth-order valence-corrected chi connectivity index (χ4v) is 3.77. The van der Waals surface area contributed by atoms with Crippen LogP contribution in [0.25, 0.3) is 0 Å². The van der Waals surface area contributed by atoms with Crippen LogP contribution in [-0.4, -0.2) is 35.6 Å². The first-order valence-corrected chi connectivity index (χ1v) is 9.96. The van der Waals surface area contributed by atoms with E-state index in [-0.39, 0.29) is 0 Å². The number of piperidine rings is 1. The zero-order valence-corrected chi connectivity index (χ0v) is 16.3. The third-order valence-electron chi connectivity index (χ3n) is 5.29. The molecule has 2 aromatic rings. The van der Waals surface area contributed by atoms with Gasteiger partial charge in [-0.1, -0.05) is 6.92 Å². The molecular formula is C21H31N5.